The van der Waals surface area contributed by atoms with Crippen LogP contribution in [0.4, 0.5) is 30.2 Å². The molecule has 4 N–H and O–H groups in total. The van der Waals surface area contributed by atoms with E-state index >= 15 is 0 Å². The highest BCUT2D eigenvalue weighted by atomic mass is 19.4. The Morgan fingerprint density at radius 3 is 2.46 bits per heavy atom. The first-order valence-electron chi connectivity index (χ1n) is 10.4. The molecule has 1 aliphatic heterocycles. The normalized spacial score (nSPS) is 14.6. The maximum Gasteiger partial charge on any atom is 0.573 e. The van der Waals surface area contributed by atoms with E-state index in [4.69, 9.17) is 10.5 Å². The van der Waals surface area contributed by atoms with Crippen molar-refractivity contribution in [1.82, 2.24) is 0 Å². The van der Waals surface area contributed by atoms with Crippen LogP contribution in [0.2, 0.25) is 0 Å². The van der Waals surface area contributed by atoms with E-state index in [0.29, 0.717) is 33.9 Å². The Balaban J connectivity index is 1.59. The first-order chi connectivity index (χ1) is 16.6. The lowest BCUT2D eigenvalue weighted by Crippen LogP contribution is -2.36. The summed E-state index contributed by atoms with van der Waals surface area (Å²) < 4.78 is 47.1. The molecule has 1 aliphatic rings. The first kappa shape index (κ1) is 23.7. The van der Waals surface area contributed by atoms with E-state index in [1.807, 2.05) is 0 Å². The highest BCUT2D eigenvalue weighted by Crippen LogP contribution is 2.42. The Morgan fingerprint density at radius 1 is 1.06 bits per heavy atom. The molecule has 0 aliphatic carbocycles. The van der Waals surface area contributed by atoms with Crippen molar-refractivity contribution in [3.63, 3.8) is 0 Å². The number of halogens is 3. The summed E-state index contributed by atoms with van der Waals surface area (Å²) in [7, 11) is 1.54. The van der Waals surface area contributed by atoms with Crippen LogP contribution < -0.4 is 30.7 Å². The number of fused-ring (bicyclic) bond motifs is 1. The average molecular weight is 486 g/mol. The Kier molecular flexibility index (Phi) is 6.41. The van der Waals surface area contributed by atoms with Crippen molar-refractivity contribution in [1.29, 1.82) is 0 Å². The second-order valence-corrected chi connectivity index (χ2v) is 7.68. The molecule has 1 atom stereocenters. The fraction of sp³-hybridized carbons (Fsp3) is 0.167. The summed E-state index contributed by atoms with van der Waals surface area (Å²) in [5, 5.41) is 5.94. The number of hydrogen-bond donors (Lipinski definition) is 3. The molecule has 1 heterocycles. The summed E-state index contributed by atoms with van der Waals surface area (Å²) in [6.45, 7) is -0.202. The molecule has 0 spiro atoms. The number of carbonyl (C=O) groups is 2. The van der Waals surface area contributed by atoms with Crippen molar-refractivity contribution in [2.45, 2.75) is 12.5 Å². The van der Waals surface area contributed by atoms with Gasteiger partial charge in [0.05, 0.1) is 25.0 Å². The largest absolute Gasteiger partial charge is 0.573 e. The van der Waals surface area contributed by atoms with Gasteiger partial charge in [0.15, 0.2) is 0 Å². The van der Waals surface area contributed by atoms with E-state index < -0.39 is 24.2 Å². The van der Waals surface area contributed by atoms with Gasteiger partial charge in [-0.15, -0.1) is 13.2 Å². The molecule has 2 amide bonds. The number of primary amides is 1. The Bertz CT molecular complexity index is 1250. The molecular weight excluding hydrogens is 465 g/mol. The molecule has 0 aromatic heterocycles. The zero-order chi connectivity index (χ0) is 25.2. The summed E-state index contributed by atoms with van der Waals surface area (Å²) in [5.41, 5.74) is 7.81. The molecule has 8 nitrogen and oxygen atoms in total. The fourth-order valence-electron chi connectivity index (χ4n) is 3.77. The topological polar surface area (TPSA) is 106 Å². The van der Waals surface area contributed by atoms with Crippen molar-refractivity contribution < 1.29 is 32.2 Å². The van der Waals surface area contributed by atoms with Crippen molar-refractivity contribution in [3.8, 4) is 11.5 Å². The minimum Gasteiger partial charge on any atom is -0.497 e. The monoisotopic (exact) mass is 486 g/mol. The molecule has 182 valence electrons. The van der Waals surface area contributed by atoms with Gasteiger partial charge in [0.1, 0.15) is 17.7 Å². The van der Waals surface area contributed by atoms with E-state index in [1.165, 1.54) is 18.2 Å². The second kappa shape index (κ2) is 9.45. The third-order valence-electron chi connectivity index (χ3n) is 5.25. The Morgan fingerprint density at radius 2 is 1.80 bits per heavy atom. The lowest BCUT2D eigenvalue weighted by molar-refractivity contribution is -0.274. The van der Waals surface area contributed by atoms with Gasteiger partial charge in [0, 0.05) is 11.3 Å². The molecule has 0 saturated heterocycles. The number of rotatable bonds is 7. The molecule has 0 bridgehead atoms. The third kappa shape index (κ3) is 5.57. The minimum absolute atomic E-state index is 0.202. The smallest absolute Gasteiger partial charge is 0.497 e. The number of ether oxygens (including phenoxy) is 2. The number of nitrogens with zero attached hydrogens (tertiary/aromatic N) is 1. The number of amides is 2. The van der Waals surface area contributed by atoms with Crippen LogP contribution in [0.3, 0.4) is 0 Å². The Labute approximate surface area is 198 Å². The zero-order valence-corrected chi connectivity index (χ0v) is 18.4. The van der Waals surface area contributed by atoms with Gasteiger partial charge in [-0.25, -0.2) is 0 Å². The number of anilines is 3. The lowest BCUT2D eigenvalue weighted by atomic mass is 10.1. The molecule has 4 rings (SSSR count). The molecule has 0 fully saturated rings. The molecule has 3 aromatic carbocycles. The number of hydrogen-bond acceptors (Lipinski definition) is 6. The molecule has 3 aromatic rings. The summed E-state index contributed by atoms with van der Waals surface area (Å²) in [6.07, 6.45) is -5.56. The molecule has 35 heavy (non-hydrogen) atoms. The summed E-state index contributed by atoms with van der Waals surface area (Å²) >= 11 is 0. The fourth-order valence-corrected chi connectivity index (χ4v) is 3.77. The van der Waals surface area contributed by atoms with Gasteiger partial charge in [-0.05, 0) is 60.2 Å². The van der Waals surface area contributed by atoms with Gasteiger partial charge in [-0.3, -0.25) is 9.59 Å². The van der Waals surface area contributed by atoms with Gasteiger partial charge in [0.2, 0.25) is 5.91 Å². The Hall–Kier alpha value is -4.41. The number of alkyl halides is 3. The predicted octanol–water partition coefficient (Wildman–Crippen LogP) is 4.26. The lowest BCUT2D eigenvalue weighted by Gasteiger charge is -2.26. The van der Waals surface area contributed by atoms with Crippen LogP contribution >= 0.6 is 0 Å². The molecular formula is C24H21F3N4O4. The van der Waals surface area contributed by atoms with Crippen LogP contribution in [0, 0.1) is 0 Å². The van der Waals surface area contributed by atoms with Gasteiger partial charge < -0.3 is 30.7 Å². The first-order valence-corrected chi connectivity index (χ1v) is 10.4. The minimum atomic E-state index is -4.84. The maximum absolute atomic E-state index is 12.8. The third-order valence-corrected chi connectivity index (χ3v) is 5.25. The molecule has 0 radical (unpaired) electrons. The average Bonchev–Trinajstić information content (AvgIpc) is 3.15. The van der Waals surface area contributed by atoms with Crippen LogP contribution in [0.5, 0.6) is 11.5 Å². The zero-order valence-electron chi connectivity index (χ0n) is 18.4. The quantitative estimate of drug-likeness (QED) is 0.461. The van der Waals surface area contributed by atoms with Crippen LogP contribution in [0.1, 0.15) is 22.1 Å². The van der Waals surface area contributed by atoms with Gasteiger partial charge in [-0.2, -0.15) is 0 Å². The van der Waals surface area contributed by atoms with E-state index in [-0.39, 0.29) is 12.5 Å². The number of benzene rings is 3. The standard InChI is InChI=1S/C24H21F3N4O4/c1-34-17-8-6-16(7-9-17)29-23(33)15-5-10-20-19(12-15)30-22(31(20)13-21(28)32)14-3-2-4-18(11-14)35-24(25,26)27/h2-12,22,30H,13H2,1H3,(H2,28,32)(H,29,33). The number of nitrogens with one attached hydrogen (secondary N) is 2. The van der Waals surface area contributed by atoms with Crippen LogP contribution in [-0.4, -0.2) is 31.8 Å². The van der Waals surface area contributed by atoms with Gasteiger partial charge >= 0.3 is 6.36 Å². The van der Waals surface area contributed by atoms with Crippen LogP contribution in [0.25, 0.3) is 0 Å². The second-order valence-electron chi connectivity index (χ2n) is 7.68. The van der Waals surface area contributed by atoms with Crippen LogP contribution in [-0.2, 0) is 4.79 Å². The maximum atomic E-state index is 12.8. The molecule has 0 saturated carbocycles. The molecule has 11 heteroatoms. The van der Waals surface area contributed by atoms with E-state index in [2.05, 4.69) is 15.4 Å². The van der Waals surface area contributed by atoms with Crippen molar-refractivity contribution in [2.75, 3.05) is 29.2 Å². The van der Waals surface area contributed by atoms with Crippen molar-refractivity contribution in [3.05, 3.63) is 77.9 Å². The van der Waals surface area contributed by atoms with E-state index in [1.54, 1.807) is 60.5 Å². The van der Waals surface area contributed by atoms with Gasteiger partial charge in [-0.1, -0.05) is 12.1 Å². The van der Waals surface area contributed by atoms with Gasteiger partial charge in [0.25, 0.3) is 5.91 Å². The SMILES string of the molecule is COc1ccc(NC(=O)c2ccc3c(c2)NC(c2cccc(OC(F)(F)F)c2)N3CC(N)=O)cc1. The number of carbonyl (C=O) groups excluding carboxylic acids is 2. The van der Waals surface area contributed by atoms with E-state index in [9.17, 15) is 22.8 Å². The molecule has 1 unspecified atom stereocenters. The van der Waals surface area contributed by atoms with Crippen molar-refractivity contribution >= 4 is 28.9 Å². The van der Waals surface area contributed by atoms with Crippen LogP contribution in [0.15, 0.2) is 66.7 Å². The van der Waals surface area contributed by atoms with E-state index in [0.717, 1.165) is 0 Å². The summed E-state index contributed by atoms with van der Waals surface area (Å²) in [5.74, 6) is -0.750. The highest BCUT2D eigenvalue weighted by molar-refractivity contribution is 6.05. The summed E-state index contributed by atoms with van der Waals surface area (Å²) in [6, 6.07) is 17.1. The summed E-state index contributed by atoms with van der Waals surface area (Å²) in [4.78, 5) is 26.1. The highest BCUT2D eigenvalue weighted by Gasteiger charge is 2.34. The number of methoxy groups -OCH3 is 1. The number of nitrogens with two attached hydrogens (primary N) is 1. The van der Waals surface area contributed by atoms with Crippen molar-refractivity contribution in [2.24, 2.45) is 5.73 Å². The predicted molar refractivity (Wildman–Crippen MR) is 123 cm³/mol.